The third-order valence-electron chi connectivity index (χ3n) is 4.05. The summed E-state index contributed by atoms with van der Waals surface area (Å²) in [4.78, 5) is 16.7. The van der Waals surface area contributed by atoms with E-state index in [-0.39, 0.29) is 5.91 Å². The van der Waals surface area contributed by atoms with Crippen LogP contribution in [0.4, 0.5) is 5.69 Å². The van der Waals surface area contributed by atoms with Crippen LogP contribution in [0.1, 0.15) is 12.8 Å². The smallest absolute Gasteiger partial charge is 0.256 e. The second-order valence-electron chi connectivity index (χ2n) is 5.48. The van der Waals surface area contributed by atoms with E-state index in [1.165, 1.54) is 0 Å². The van der Waals surface area contributed by atoms with Gasteiger partial charge in [-0.25, -0.2) is 0 Å². The van der Waals surface area contributed by atoms with Crippen LogP contribution in [0.2, 0.25) is 0 Å². The molecule has 1 saturated heterocycles. The molecule has 0 bridgehead atoms. The highest BCUT2D eigenvalue weighted by Crippen LogP contribution is 2.27. The number of carbonyl (C=O) groups excluding carboxylic acids is 1. The molecule has 0 saturated carbocycles. The molecule has 1 aliphatic rings. The summed E-state index contributed by atoms with van der Waals surface area (Å²) in [6.07, 6.45) is 2.45. The summed E-state index contributed by atoms with van der Waals surface area (Å²) in [5, 5.41) is 17.2. The molecule has 2 aromatic rings. The predicted octanol–water partition coefficient (Wildman–Crippen LogP) is 1.30. The van der Waals surface area contributed by atoms with Crippen LogP contribution < -0.4 is 15.4 Å². The summed E-state index contributed by atoms with van der Waals surface area (Å²) >= 11 is 0. The van der Waals surface area contributed by atoms with Gasteiger partial charge in [0.05, 0.1) is 18.3 Å². The maximum atomic E-state index is 12.4. The molecule has 6 nitrogen and oxygen atoms in total. The van der Waals surface area contributed by atoms with Crippen molar-refractivity contribution in [2.45, 2.75) is 18.4 Å². The normalized spacial score (nSPS) is 17.2. The minimum absolute atomic E-state index is 0.371. The van der Waals surface area contributed by atoms with Crippen molar-refractivity contribution in [3.8, 4) is 5.75 Å². The molecule has 1 fully saturated rings. The van der Waals surface area contributed by atoms with Gasteiger partial charge in [-0.05, 0) is 50.2 Å². The minimum atomic E-state index is -1.32. The second-order valence-corrected chi connectivity index (χ2v) is 5.48. The SMILES string of the molecule is COc1ccc2nccc(NC(=O)C3(O)CCNCC3)c2c1. The molecule has 1 amide bonds. The Hall–Kier alpha value is -2.18. The topological polar surface area (TPSA) is 83.5 Å². The highest BCUT2D eigenvalue weighted by Gasteiger charge is 2.37. The second kappa shape index (κ2) is 5.90. The van der Waals surface area contributed by atoms with Crippen LogP contribution in [0.3, 0.4) is 0 Å². The van der Waals surface area contributed by atoms with Gasteiger partial charge >= 0.3 is 0 Å². The fraction of sp³-hybridized carbons (Fsp3) is 0.375. The molecule has 116 valence electrons. The van der Waals surface area contributed by atoms with Crippen molar-refractivity contribution >= 4 is 22.5 Å². The van der Waals surface area contributed by atoms with Crippen molar-refractivity contribution in [3.05, 3.63) is 30.5 Å². The first-order valence-corrected chi connectivity index (χ1v) is 7.30. The molecular formula is C16H19N3O3. The van der Waals surface area contributed by atoms with Gasteiger partial charge in [0.25, 0.3) is 5.91 Å². The van der Waals surface area contributed by atoms with E-state index >= 15 is 0 Å². The third-order valence-corrected chi connectivity index (χ3v) is 4.05. The molecule has 1 aliphatic heterocycles. The highest BCUT2D eigenvalue weighted by atomic mass is 16.5. The van der Waals surface area contributed by atoms with E-state index in [4.69, 9.17) is 4.74 Å². The number of aromatic nitrogens is 1. The molecule has 3 N–H and O–H groups in total. The zero-order valence-electron chi connectivity index (χ0n) is 12.4. The van der Waals surface area contributed by atoms with Gasteiger partial charge in [0.2, 0.25) is 0 Å². The third kappa shape index (κ3) is 2.75. The van der Waals surface area contributed by atoms with Gasteiger partial charge in [0.1, 0.15) is 11.4 Å². The van der Waals surface area contributed by atoms with E-state index in [2.05, 4.69) is 15.6 Å². The predicted molar refractivity (Wildman–Crippen MR) is 84.0 cm³/mol. The Labute approximate surface area is 128 Å². The molecule has 1 aromatic carbocycles. The molecule has 0 radical (unpaired) electrons. The lowest BCUT2D eigenvalue weighted by atomic mass is 9.91. The van der Waals surface area contributed by atoms with E-state index in [0.717, 1.165) is 10.9 Å². The zero-order chi connectivity index (χ0) is 15.6. The van der Waals surface area contributed by atoms with E-state index in [1.54, 1.807) is 19.4 Å². The van der Waals surface area contributed by atoms with Crippen LogP contribution in [0.5, 0.6) is 5.75 Å². The van der Waals surface area contributed by atoms with Crippen LogP contribution in [0.25, 0.3) is 10.9 Å². The number of nitrogens with zero attached hydrogens (tertiary/aromatic N) is 1. The fourth-order valence-electron chi connectivity index (χ4n) is 2.67. The lowest BCUT2D eigenvalue weighted by molar-refractivity contribution is -0.136. The van der Waals surface area contributed by atoms with E-state index in [0.29, 0.717) is 37.4 Å². The average Bonchev–Trinajstić information content (AvgIpc) is 2.55. The first-order valence-electron chi connectivity index (χ1n) is 7.30. The molecular weight excluding hydrogens is 282 g/mol. The van der Waals surface area contributed by atoms with E-state index < -0.39 is 5.60 Å². The fourth-order valence-corrected chi connectivity index (χ4v) is 2.67. The molecule has 6 heteroatoms. The number of amides is 1. The van der Waals surface area contributed by atoms with Crippen LogP contribution in [0, 0.1) is 0 Å². The highest BCUT2D eigenvalue weighted by molar-refractivity contribution is 6.04. The number of ether oxygens (including phenoxy) is 1. The van der Waals surface area contributed by atoms with Gasteiger partial charge in [0.15, 0.2) is 0 Å². The molecule has 2 heterocycles. The van der Waals surface area contributed by atoms with Gasteiger partial charge in [-0.3, -0.25) is 9.78 Å². The van der Waals surface area contributed by atoms with Crippen LogP contribution in [0.15, 0.2) is 30.5 Å². The van der Waals surface area contributed by atoms with Crippen molar-refractivity contribution in [1.82, 2.24) is 10.3 Å². The number of fused-ring (bicyclic) bond motifs is 1. The number of hydrogen-bond acceptors (Lipinski definition) is 5. The Bertz CT molecular complexity index is 696. The zero-order valence-corrected chi connectivity index (χ0v) is 12.4. The molecule has 0 atom stereocenters. The van der Waals surface area contributed by atoms with Gasteiger partial charge in [-0.1, -0.05) is 0 Å². The van der Waals surface area contributed by atoms with Gasteiger partial charge in [-0.2, -0.15) is 0 Å². The maximum absolute atomic E-state index is 12.4. The number of aliphatic hydroxyl groups is 1. The maximum Gasteiger partial charge on any atom is 0.256 e. The Kier molecular flexibility index (Phi) is 3.96. The number of pyridine rings is 1. The van der Waals surface area contributed by atoms with Crippen molar-refractivity contribution in [2.24, 2.45) is 0 Å². The largest absolute Gasteiger partial charge is 0.497 e. The first-order chi connectivity index (χ1) is 10.6. The Balaban J connectivity index is 1.91. The van der Waals surface area contributed by atoms with Crippen molar-refractivity contribution < 1.29 is 14.6 Å². The minimum Gasteiger partial charge on any atom is -0.497 e. The van der Waals surface area contributed by atoms with Crippen molar-refractivity contribution in [3.63, 3.8) is 0 Å². The molecule has 0 spiro atoms. The summed E-state index contributed by atoms with van der Waals surface area (Å²) in [6, 6.07) is 7.21. The van der Waals surface area contributed by atoms with Gasteiger partial charge in [0, 0.05) is 11.6 Å². The standard InChI is InChI=1S/C16H19N3O3/c1-22-11-2-3-13-12(10-11)14(4-7-18-13)19-15(20)16(21)5-8-17-9-6-16/h2-4,7,10,17,21H,5-6,8-9H2,1H3,(H,18,19,20). The van der Waals surface area contributed by atoms with Crippen LogP contribution in [-0.4, -0.2) is 41.8 Å². The molecule has 3 rings (SSSR count). The first kappa shape index (κ1) is 14.7. The number of anilines is 1. The van der Waals surface area contributed by atoms with Crippen molar-refractivity contribution in [1.29, 1.82) is 0 Å². The summed E-state index contributed by atoms with van der Waals surface area (Å²) in [5.41, 5.74) is 0.0662. The number of nitrogens with one attached hydrogen (secondary N) is 2. The monoisotopic (exact) mass is 301 g/mol. The van der Waals surface area contributed by atoms with E-state index in [1.807, 2.05) is 18.2 Å². The lowest BCUT2D eigenvalue weighted by Gasteiger charge is -2.31. The summed E-state index contributed by atoms with van der Waals surface area (Å²) in [5.74, 6) is 0.320. The summed E-state index contributed by atoms with van der Waals surface area (Å²) < 4.78 is 5.22. The molecule has 0 aliphatic carbocycles. The van der Waals surface area contributed by atoms with Crippen LogP contribution in [-0.2, 0) is 4.79 Å². The van der Waals surface area contributed by atoms with Gasteiger partial charge in [-0.15, -0.1) is 0 Å². The lowest BCUT2D eigenvalue weighted by Crippen LogP contribution is -2.50. The number of rotatable bonds is 3. The number of benzene rings is 1. The molecule has 1 aromatic heterocycles. The quantitative estimate of drug-likeness (QED) is 0.796. The van der Waals surface area contributed by atoms with Gasteiger partial charge < -0.3 is 20.5 Å². The Morgan fingerprint density at radius 2 is 2.14 bits per heavy atom. The Morgan fingerprint density at radius 3 is 2.86 bits per heavy atom. The number of methoxy groups -OCH3 is 1. The number of hydrogen-bond donors (Lipinski definition) is 3. The van der Waals surface area contributed by atoms with E-state index in [9.17, 15) is 9.90 Å². The Morgan fingerprint density at radius 1 is 1.36 bits per heavy atom. The average molecular weight is 301 g/mol. The molecule has 0 unspecified atom stereocenters. The number of carbonyl (C=O) groups is 1. The number of piperidine rings is 1. The summed E-state index contributed by atoms with van der Waals surface area (Å²) in [6.45, 7) is 1.27. The van der Waals surface area contributed by atoms with Crippen molar-refractivity contribution in [2.75, 3.05) is 25.5 Å². The molecule has 22 heavy (non-hydrogen) atoms. The summed E-state index contributed by atoms with van der Waals surface area (Å²) in [7, 11) is 1.59. The van der Waals surface area contributed by atoms with Crippen LogP contribution >= 0.6 is 0 Å².